The van der Waals surface area contributed by atoms with Gasteiger partial charge < -0.3 is 5.11 Å². The van der Waals surface area contributed by atoms with Crippen molar-refractivity contribution in [1.29, 1.82) is 0 Å². The smallest absolute Gasteiger partial charge is 0.329 e. The lowest BCUT2D eigenvalue weighted by atomic mass is 10.1. The van der Waals surface area contributed by atoms with E-state index < -0.39 is 12.0 Å². The molecule has 2 heterocycles. The van der Waals surface area contributed by atoms with Crippen molar-refractivity contribution in [1.82, 2.24) is 15.0 Å². The number of fused-ring (bicyclic) bond motifs is 1. The minimum atomic E-state index is -1.05. The van der Waals surface area contributed by atoms with Gasteiger partial charge in [0, 0.05) is 12.0 Å². The Hall–Kier alpha value is -3.19. The number of nitrogens with zero attached hydrogens (tertiary/aromatic N) is 4. The molecule has 0 spiro atoms. The Bertz CT molecular complexity index is 907. The van der Waals surface area contributed by atoms with Gasteiger partial charge in [0.05, 0.1) is 17.6 Å². The molecule has 7 heteroatoms. The van der Waals surface area contributed by atoms with E-state index >= 15 is 0 Å². The van der Waals surface area contributed by atoms with Gasteiger partial charge in [0.1, 0.15) is 5.69 Å². The Morgan fingerprint density at radius 3 is 2.71 bits per heavy atom. The first kappa shape index (κ1) is 14.4. The lowest BCUT2D eigenvalue weighted by Crippen LogP contribution is -2.35. The van der Waals surface area contributed by atoms with Crippen LogP contribution in [-0.2, 0) is 11.2 Å². The SMILES string of the molecule is O=C(O)C1Cc2cc(-n3cc(-c4ccccc4)nn3)ccc2N1O. The van der Waals surface area contributed by atoms with Crippen LogP contribution in [-0.4, -0.2) is 37.3 Å². The number of aliphatic carboxylic acids is 1. The molecular weight excluding hydrogens is 308 g/mol. The maximum atomic E-state index is 11.2. The first-order chi connectivity index (χ1) is 11.6. The fraction of sp³-hybridized carbons (Fsp3) is 0.118. The number of aromatic nitrogens is 3. The number of hydroxylamine groups is 1. The van der Waals surface area contributed by atoms with Gasteiger partial charge in [-0.15, -0.1) is 5.10 Å². The van der Waals surface area contributed by atoms with Gasteiger partial charge in [0.25, 0.3) is 0 Å². The van der Waals surface area contributed by atoms with E-state index in [1.165, 1.54) is 0 Å². The van der Waals surface area contributed by atoms with Crippen LogP contribution in [0, 0.1) is 0 Å². The molecular formula is C17H14N4O3. The molecule has 1 atom stereocenters. The van der Waals surface area contributed by atoms with Gasteiger partial charge in [-0.25, -0.2) is 14.5 Å². The van der Waals surface area contributed by atoms with Crippen LogP contribution in [0.1, 0.15) is 5.56 Å². The molecule has 0 radical (unpaired) electrons. The van der Waals surface area contributed by atoms with Crippen molar-refractivity contribution in [3.8, 4) is 16.9 Å². The highest BCUT2D eigenvalue weighted by Crippen LogP contribution is 2.32. The van der Waals surface area contributed by atoms with Gasteiger partial charge in [-0.3, -0.25) is 5.21 Å². The van der Waals surface area contributed by atoms with Gasteiger partial charge in [-0.2, -0.15) is 0 Å². The molecule has 0 amide bonds. The molecule has 1 aromatic heterocycles. The summed E-state index contributed by atoms with van der Waals surface area (Å²) in [6.45, 7) is 0. The van der Waals surface area contributed by atoms with Crippen LogP contribution < -0.4 is 5.06 Å². The Kier molecular flexibility index (Phi) is 3.28. The summed E-state index contributed by atoms with van der Waals surface area (Å²) in [5.74, 6) is -1.05. The van der Waals surface area contributed by atoms with E-state index in [0.29, 0.717) is 5.69 Å². The molecule has 7 nitrogen and oxygen atoms in total. The summed E-state index contributed by atoms with van der Waals surface area (Å²) < 4.78 is 1.64. The zero-order valence-electron chi connectivity index (χ0n) is 12.6. The molecule has 120 valence electrons. The highest BCUT2D eigenvalue weighted by molar-refractivity contribution is 5.81. The molecule has 0 fully saturated rings. The number of hydrogen-bond acceptors (Lipinski definition) is 5. The number of rotatable bonds is 3. The van der Waals surface area contributed by atoms with Crippen LogP contribution >= 0.6 is 0 Å². The lowest BCUT2D eigenvalue weighted by molar-refractivity contribution is -0.139. The van der Waals surface area contributed by atoms with E-state index in [1.807, 2.05) is 42.6 Å². The van der Waals surface area contributed by atoms with Crippen LogP contribution in [0.2, 0.25) is 0 Å². The molecule has 1 aliphatic heterocycles. The molecule has 2 N–H and O–H groups in total. The standard InChI is InChI=1S/C17H14N4O3/c22-17(23)16-9-12-8-13(6-7-15(12)21(16)24)20-10-14(18-19-20)11-4-2-1-3-5-11/h1-8,10,16,24H,9H2,(H,22,23). The van der Waals surface area contributed by atoms with Crippen molar-refractivity contribution >= 4 is 11.7 Å². The number of carboxylic acid groups (broad SMARTS) is 1. The van der Waals surface area contributed by atoms with E-state index in [9.17, 15) is 10.0 Å². The van der Waals surface area contributed by atoms with E-state index in [0.717, 1.165) is 27.6 Å². The largest absolute Gasteiger partial charge is 0.480 e. The Labute approximate surface area is 137 Å². The predicted molar refractivity (Wildman–Crippen MR) is 86.2 cm³/mol. The summed E-state index contributed by atoms with van der Waals surface area (Å²) >= 11 is 0. The van der Waals surface area contributed by atoms with Gasteiger partial charge in [-0.05, 0) is 23.8 Å². The van der Waals surface area contributed by atoms with E-state index in [-0.39, 0.29) is 6.42 Å². The number of hydrogen-bond donors (Lipinski definition) is 2. The average molecular weight is 322 g/mol. The fourth-order valence-corrected chi connectivity index (χ4v) is 2.89. The maximum absolute atomic E-state index is 11.2. The minimum absolute atomic E-state index is 0.245. The maximum Gasteiger partial charge on any atom is 0.329 e. The second kappa shape index (κ2) is 5.47. The topological polar surface area (TPSA) is 91.5 Å². The van der Waals surface area contributed by atoms with Gasteiger partial charge in [-0.1, -0.05) is 35.5 Å². The number of carbonyl (C=O) groups is 1. The zero-order chi connectivity index (χ0) is 16.7. The Morgan fingerprint density at radius 2 is 1.96 bits per heavy atom. The molecule has 0 aliphatic carbocycles. The molecule has 3 aromatic rings. The number of carboxylic acids is 1. The van der Waals surface area contributed by atoms with Crippen molar-refractivity contribution in [2.45, 2.75) is 12.5 Å². The third kappa shape index (κ3) is 2.31. The quantitative estimate of drug-likeness (QED) is 0.767. The minimum Gasteiger partial charge on any atom is -0.480 e. The van der Waals surface area contributed by atoms with Crippen LogP contribution in [0.15, 0.2) is 54.7 Å². The van der Waals surface area contributed by atoms with Gasteiger partial charge in [0.15, 0.2) is 6.04 Å². The van der Waals surface area contributed by atoms with Crippen molar-refractivity contribution < 1.29 is 15.1 Å². The van der Waals surface area contributed by atoms with E-state index in [2.05, 4.69) is 10.3 Å². The van der Waals surface area contributed by atoms with Crippen LogP contribution in [0.25, 0.3) is 16.9 Å². The van der Waals surface area contributed by atoms with Gasteiger partial charge in [0.2, 0.25) is 0 Å². The van der Waals surface area contributed by atoms with E-state index in [1.54, 1.807) is 16.8 Å². The van der Waals surface area contributed by atoms with Crippen molar-refractivity contribution in [3.05, 3.63) is 60.3 Å². The van der Waals surface area contributed by atoms with Crippen LogP contribution in [0.3, 0.4) is 0 Å². The monoisotopic (exact) mass is 322 g/mol. The van der Waals surface area contributed by atoms with E-state index in [4.69, 9.17) is 5.11 Å². The van der Waals surface area contributed by atoms with Gasteiger partial charge >= 0.3 is 5.97 Å². The molecule has 2 aromatic carbocycles. The first-order valence-electron chi connectivity index (χ1n) is 7.45. The Morgan fingerprint density at radius 1 is 1.17 bits per heavy atom. The summed E-state index contributed by atoms with van der Waals surface area (Å²) in [4.78, 5) is 11.2. The number of benzene rings is 2. The molecule has 4 rings (SSSR count). The third-order valence-electron chi connectivity index (χ3n) is 4.13. The molecule has 24 heavy (non-hydrogen) atoms. The second-order valence-corrected chi connectivity index (χ2v) is 5.63. The second-order valence-electron chi connectivity index (χ2n) is 5.63. The first-order valence-corrected chi connectivity index (χ1v) is 7.45. The molecule has 0 saturated heterocycles. The van der Waals surface area contributed by atoms with Crippen LogP contribution in [0.5, 0.6) is 0 Å². The third-order valence-corrected chi connectivity index (χ3v) is 4.13. The van der Waals surface area contributed by atoms with Crippen molar-refractivity contribution in [2.24, 2.45) is 0 Å². The molecule has 1 unspecified atom stereocenters. The predicted octanol–water partition coefficient (Wildman–Crippen LogP) is 2.14. The normalized spacial score (nSPS) is 16.2. The molecule has 1 aliphatic rings. The zero-order valence-corrected chi connectivity index (χ0v) is 12.6. The summed E-state index contributed by atoms with van der Waals surface area (Å²) in [6, 6.07) is 14.1. The molecule has 0 saturated carbocycles. The summed E-state index contributed by atoms with van der Waals surface area (Å²) in [7, 11) is 0. The average Bonchev–Trinajstić information content (AvgIpc) is 3.21. The summed E-state index contributed by atoms with van der Waals surface area (Å²) in [5, 5.41) is 28.2. The van der Waals surface area contributed by atoms with Crippen LogP contribution in [0.4, 0.5) is 5.69 Å². The Balaban J connectivity index is 1.67. The number of anilines is 1. The van der Waals surface area contributed by atoms with Crippen molar-refractivity contribution in [2.75, 3.05) is 5.06 Å². The lowest BCUT2D eigenvalue weighted by Gasteiger charge is -2.15. The molecule has 0 bridgehead atoms. The highest BCUT2D eigenvalue weighted by Gasteiger charge is 2.34. The summed E-state index contributed by atoms with van der Waals surface area (Å²) in [5.41, 5.74) is 3.76. The fourth-order valence-electron chi connectivity index (χ4n) is 2.89. The van der Waals surface area contributed by atoms with Crippen molar-refractivity contribution in [3.63, 3.8) is 0 Å². The highest BCUT2D eigenvalue weighted by atomic mass is 16.5. The summed E-state index contributed by atoms with van der Waals surface area (Å²) in [6.07, 6.45) is 2.06.